The number of benzene rings is 1. The number of hydrogen-bond acceptors (Lipinski definition) is 3. The Labute approximate surface area is 110 Å². The smallest absolute Gasteiger partial charge is 0.508 e. The SMILES string of the molecule is CCC(C)C(C)(C)c1ccc(O[P+](C)=O)cc1O. The summed E-state index contributed by atoms with van der Waals surface area (Å²) >= 11 is 0. The Morgan fingerprint density at radius 1 is 1.44 bits per heavy atom. The van der Waals surface area contributed by atoms with Gasteiger partial charge in [-0.3, -0.25) is 4.52 Å². The van der Waals surface area contributed by atoms with Crippen LogP contribution < -0.4 is 4.52 Å². The van der Waals surface area contributed by atoms with Gasteiger partial charge in [-0.25, -0.2) is 0 Å². The maximum Gasteiger partial charge on any atom is 0.552 e. The van der Waals surface area contributed by atoms with Crippen LogP contribution >= 0.6 is 8.03 Å². The van der Waals surface area contributed by atoms with E-state index in [1.807, 2.05) is 6.07 Å². The average molecular weight is 269 g/mol. The minimum absolute atomic E-state index is 0.105. The van der Waals surface area contributed by atoms with Crippen LogP contribution in [0.4, 0.5) is 0 Å². The van der Waals surface area contributed by atoms with Crippen LogP contribution in [0.5, 0.6) is 11.5 Å². The first-order chi connectivity index (χ1) is 8.28. The van der Waals surface area contributed by atoms with Crippen LogP contribution in [-0.4, -0.2) is 11.8 Å². The van der Waals surface area contributed by atoms with Gasteiger partial charge in [0, 0.05) is 11.6 Å². The van der Waals surface area contributed by atoms with Crippen molar-refractivity contribution >= 4 is 8.03 Å². The Balaban J connectivity index is 3.09. The summed E-state index contributed by atoms with van der Waals surface area (Å²) < 4.78 is 16.1. The number of phenols is 1. The fraction of sp³-hybridized carbons (Fsp3) is 0.571. The summed E-state index contributed by atoms with van der Waals surface area (Å²) in [6, 6.07) is 5.15. The zero-order chi connectivity index (χ0) is 13.9. The van der Waals surface area contributed by atoms with Crippen LogP contribution in [0.3, 0.4) is 0 Å². The van der Waals surface area contributed by atoms with E-state index in [2.05, 4.69) is 27.7 Å². The van der Waals surface area contributed by atoms with Crippen LogP contribution in [0.15, 0.2) is 18.2 Å². The second-order valence-corrected chi connectivity index (χ2v) is 6.30. The summed E-state index contributed by atoms with van der Waals surface area (Å²) in [6.07, 6.45) is 1.05. The molecule has 2 unspecified atom stereocenters. The maximum atomic E-state index is 11.0. The van der Waals surface area contributed by atoms with Gasteiger partial charge in [-0.1, -0.05) is 40.2 Å². The van der Waals surface area contributed by atoms with Crippen molar-refractivity contribution in [3.8, 4) is 11.5 Å². The predicted octanol–water partition coefficient (Wildman–Crippen LogP) is 4.47. The Morgan fingerprint density at radius 2 is 2.06 bits per heavy atom. The first-order valence-electron chi connectivity index (χ1n) is 6.21. The van der Waals surface area contributed by atoms with E-state index in [0.29, 0.717) is 11.7 Å². The minimum atomic E-state index is -1.70. The third-order valence-corrected chi connectivity index (χ3v) is 4.21. The zero-order valence-electron chi connectivity index (χ0n) is 11.7. The highest BCUT2D eigenvalue weighted by Gasteiger charge is 2.29. The topological polar surface area (TPSA) is 46.5 Å². The van der Waals surface area contributed by atoms with Crippen molar-refractivity contribution in [3.05, 3.63) is 23.8 Å². The van der Waals surface area contributed by atoms with Gasteiger partial charge in [0.05, 0.1) is 0 Å². The van der Waals surface area contributed by atoms with Gasteiger partial charge in [0.1, 0.15) is 5.75 Å². The molecule has 0 amide bonds. The molecule has 0 spiro atoms. The Kier molecular flexibility index (Phi) is 4.75. The molecular weight excluding hydrogens is 247 g/mol. The van der Waals surface area contributed by atoms with E-state index in [4.69, 9.17) is 4.52 Å². The molecule has 0 aliphatic heterocycles. The van der Waals surface area contributed by atoms with Gasteiger partial charge in [-0.2, -0.15) is 0 Å². The van der Waals surface area contributed by atoms with Crippen molar-refractivity contribution in [1.29, 1.82) is 0 Å². The lowest BCUT2D eigenvalue weighted by molar-refractivity contribution is 0.321. The standard InChI is InChI=1S/C14H21O3P/c1-6-10(2)14(3,4)12-8-7-11(9-13(12)15)17-18(5)16/h7-10H,6H2,1-5H3/p+1. The summed E-state index contributed by atoms with van der Waals surface area (Å²) in [5.41, 5.74) is 0.793. The van der Waals surface area contributed by atoms with Gasteiger partial charge < -0.3 is 5.11 Å². The Hall–Kier alpha value is -1.08. The molecular formula is C14H22O3P+. The largest absolute Gasteiger partial charge is 0.552 e. The number of phenolic OH excluding ortho intramolecular Hbond substituents is 1. The van der Waals surface area contributed by atoms with Crippen LogP contribution in [-0.2, 0) is 9.98 Å². The molecule has 0 aliphatic rings. The molecule has 1 N–H and O–H groups in total. The van der Waals surface area contributed by atoms with E-state index in [1.54, 1.807) is 6.07 Å². The molecule has 0 aromatic heterocycles. The fourth-order valence-corrected chi connectivity index (χ4v) is 2.45. The van der Waals surface area contributed by atoms with Gasteiger partial charge >= 0.3 is 8.03 Å². The van der Waals surface area contributed by atoms with Crippen LogP contribution in [0.1, 0.15) is 39.7 Å². The monoisotopic (exact) mass is 269 g/mol. The summed E-state index contributed by atoms with van der Waals surface area (Å²) in [7, 11) is -1.70. The van der Waals surface area contributed by atoms with Crippen molar-refractivity contribution in [3.63, 3.8) is 0 Å². The Bertz CT molecular complexity index is 441. The number of hydrogen-bond donors (Lipinski definition) is 1. The van der Waals surface area contributed by atoms with Crippen molar-refractivity contribution in [2.24, 2.45) is 5.92 Å². The average Bonchev–Trinajstić information content (AvgIpc) is 2.26. The van der Waals surface area contributed by atoms with E-state index in [-0.39, 0.29) is 11.2 Å². The van der Waals surface area contributed by atoms with Gasteiger partial charge in [0.2, 0.25) is 0 Å². The van der Waals surface area contributed by atoms with Crippen LogP contribution in [0.2, 0.25) is 0 Å². The summed E-state index contributed by atoms with van der Waals surface area (Å²) in [5.74, 6) is 1.10. The van der Waals surface area contributed by atoms with Crippen molar-refractivity contribution in [2.75, 3.05) is 6.66 Å². The number of aromatic hydroxyl groups is 1. The molecule has 100 valence electrons. The maximum absolute atomic E-state index is 11.0. The van der Waals surface area contributed by atoms with Gasteiger partial charge in [-0.15, -0.1) is 0 Å². The first kappa shape index (κ1) is 15.0. The third-order valence-electron chi connectivity index (χ3n) is 3.74. The Morgan fingerprint density at radius 3 is 2.50 bits per heavy atom. The van der Waals surface area contributed by atoms with E-state index < -0.39 is 8.03 Å². The van der Waals surface area contributed by atoms with Crippen molar-refractivity contribution in [1.82, 2.24) is 0 Å². The molecule has 0 heterocycles. The highest BCUT2D eigenvalue weighted by Crippen LogP contribution is 2.40. The number of rotatable bonds is 5. The van der Waals surface area contributed by atoms with Crippen molar-refractivity contribution < 1.29 is 14.2 Å². The minimum Gasteiger partial charge on any atom is -0.508 e. The van der Waals surface area contributed by atoms with Crippen molar-refractivity contribution in [2.45, 2.75) is 39.5 Å². The zero-order valence-corrected chi connectivity index (χ0v) is 12.6. The van der Waals surface area contributed by atoms with Crippen LogP contribution in [0, 0.1) is 5.92 Å². The fourth-order valence-electron chi connectivity index (χ4n) is 2.04. The molecule has 0 aliphatic carbocycles. The molecule has 0 saturated heterocycles. The molecule has 0 fully saturated rings. The van der Waals surface area contributed by atoms with E-state index in [0.717, 1.165) is 12.0 Å². The lowest BCUT2D eigenvalue weighted by Crippen LogP contribution is -2.26. The lowest BCUT2D eigenvalue weighted by atomic mass is 9.73. The van der Waals surface area contributed by atoms with E-state index >= 15 is 0 Å². The highest BCUT2D eigenvalue weighted by molar-refractivity contribution is 7.38. The van der Waals surface area contributed by atoms with E-state index in [9.17, 15) is 9.67 Å². The molecule has 0 radical (unpaired) electrons. The third kappa shape index (κ3) is 3.23. The quantitative estimate of drug-likeness (QED) is 0.802. The molecule has 1 aromatic carbocycles. The predicted molar refractivity (Wildman–Crippen MR) is 74.7 cm³/mol. The second kappa shape index (κ2) is 5.71. The lowest BCUT2D eigenvalue weighted by Gasteiger charge is -2.32. The van der Waals surface area contributed by atoms with Gasteiger partial charge in [0.25, 0.3) is 0 Å². The molecule has 1 rings (SSSR count). The molecule has 4 heteroatoms. The summed E-state index contributed by atoms with van der Waals surface area (Å²) in [4.78, 5) is 0. The first-order valence-corrected chi connectivity index (χ1v) is 7.83. The molecule has 3 nitrogen and oxygen atoms in total. The van der Waals surface area contributed by atoms with Gasteiger partial charge in [0.15, 0.2) is 12.4 Å². The highest BCUT2D eigenvalue weighted by atomic mass is 31.1. The molecule has 0 saturated carbocycles. The second-order valence-electron chi connectivity index (χ2n) is 5.24. The van der Waals surface area contributed by atoms with Gasteiger partial charge in [-0.05, 0) is 22.0 Å². The normalized spacial score (nSPS) is 14.2. The van der Waals surface area contributed by atoms with E-state index in [1.165, 1.54) is 12.7 Å². The summed E-state index contributed by atoms with van der Waals surface area (Å²) in [6.45, 7) is 10.0. The molecule has 2 atom stereocenters. The molecule has 1 aromatic rings. The molecule has 0 bridgehead atoms. The molecule has 18 heavy (non-hydrogen) atoms. The van der Waals surface area contributed by atoms with Crippen LogP contribution in [0.25, 0.3) is 0 Å². The summed E-state index contributed by atoms with van der Waals surface area (Å²) in [5, 5.41) is 10.1.